The summed E-state index contributed by atoms with van der Waals surface area (Å²) in [5.41, 5.74) is -0.122. The van der Waals surface area contributed by atoms with Crippen molar-refractivity contribution in [1.82, 2.24) is 5.32 Å². The fourth-order valence-corrected chi connectivity index (χ4v) is 2.52. The van der Waals surface area contributed by atoms with Crippen LogP contribution < -0.4 is 10.1 Å². The Morgan fingerprint density at radius 3 is 2.81 bits per heavy atom. The third-order valence-electron chi connectivity index (χ3n) is 3.80. The highest BCUT2D eigenvalue weighted by atomic mass is 16.6. The van der Waals surface area contributed by atoms with E-state index in [1.165, 1.54) is 6.07 Å². The molecule has 112 valence electrons. The normalized spacial score (nSPS) is 16.8. The molecule has 1 N–H and O–H groups in total. The molecule has 1 saturated carbocycles. The number of nitrogens with zero attached hydrogens (tertiary/aromatic N) is 2. The minimum absolute atomic E-state index is 0.0610. The van der Waals surface area contributed by atoms with Gasteiger partial charge in [0.2, 0.25) is 0 Å². The molecular formula is C15H19N3O3. The minimum atomic E-state index is -0.759. The van der Waals surface area contributed by atoms with Crippen LogP contribution in [0.2, 0.25) is 0 Å². The molecule has 1 atom stereocenters. The molecule has 0 heterocycles. The molecule has 0 bridgehead atoms. The summed E-state index contributed by atoms with van der Waals surface area (Å²) >= 11 is 0. The molecule has 6 heteroatoms. The maximum Gasteiger partial charge on any atom is 0.311 e. The van der Waals surface area contributed by atoms with Crippen molar-refractivity contribution in [1.29, 1.82) is 5.26 Å². The Kier molecular flexibility index (Phi) is 4.43. The fraction of sp³-hybridized carbons (Fsp3) is 0.533. The average molecular weight is 289 g/mol. The molecule has 0 saturated heterocycles. The number of nitrogens with one attached hydrogen (secondary N) is 1. The van der Waals surface area contributed by atoms with Gasteiger partial charge >= 0.3 is 5.69 Å². The first-order chi connectivity index (χ1) is 10.0. The number of para-hydroxylation sites is 1. The number of hydrogen-bond donors (Lipinski definition) is 1. The van der Waals surface area contributed by atoms with E-state index in [0.717, 1.165) is 12.8 Å². The summed E-state index contributed by atoms with van der Waals surface area (Å²) in [4.78, 5) is 10.6. The van der Waals surface area contributed by atoms with Crippen LogP contribution in [0.4, 0.5) is 5.69 Å². The molecule has 0 aliphatic heterocycles. The predicted molar refractivity (Wildman–Crippen MR) is 78.1 cm³/mol. The Morgan fingerprint density at radius 1 is 1.57 bits per heavy atom. The van der Waals surface area contributed by atoms with Gasteiger partial charge in [-0.15, -0.1) is 0 Å². The Morgan fingerprint density at radius 2 is 2.29 bits per heavy atom. The molecule has 0 spiro atoms. The van der Waals surface area contributed by atoms with Crippen molar-refractivity contribution in [2.45, 2.75) is 32.2 Å². The largest absolute Gasteiger partial charge is 0.484 e. The number of aryl methyl sites for hydroxylation is 1. The molecular weight excluding hydrogens is 270 g/mol. The Labute approximate surface area is 123 Å². The number of nitriles is 1. The van der Waals surface area contributed by atoms with Gasteiger partial charge in [0.05, 0.1) is 11.0 Å². The number of hydrogen-bond acceptors (Lipinski definition) is 5. The van der Waals surface area contributed by atoms with Crippen molar-refractivity contribution in [2.24, 2.45) is 5.92 Å². The van der Waals surface area contributed by atoms with Crippen molar-refractivity contribution >= 4 is 5.69 Å². The average Bonchev–Trinajstić information content (AvgIpc) is 3.29. The number of benzene rings is 1. The predicted octanol–water partition coefficient (Wildman–Crippen LogP) is 2.56. The first-order valence-electron chi connectivity index (χ1n) is 7.07. The standard InChI is InChI=1S/C15H19N3O3/c1-3-17-15(9-16,12-7-8-12)10-21-14-11(2)5-4-6-13(14)18(19)20/h4-6,12,17H,3,7-8,10H2,1-2H3. The molecule has 2 rings (SSSR count). The van der Waals surface area contributed by atoms with Gasteiger partial charge in [-0.1, -0.05) is 19.1 Å². The van der Waals surface area contributed by atoms with Crippen molar-refractivity contribution in [3.05, 3.63) is 33.9 Å². The van der Waals surface area contributed by atoms with Gasteiger partial charge in [-0.3, -0.25) is 15.4 Å². The van der Waals surface area contributed by atoms with E-state index in [1.54, 1.807) is 19.1 Å². The number of rotatable bonds is 7. The second-order valence-electron chi connectivity index (χ2n) is 5.36. The third kappa shape index (κ3) is 3.14. The molecule has 1 aliphatic carbocycles. The van der Waals surface area contributed by atoms with Crippen LogP contribution in [-0.2, 0) is 0 Å². The Bertz CT molecular complexity index is 578. The summed E-state index contributed by atoms with van der Waals surface area (Å²) in [6.07, 6.45) is 1.97. The second kappa shape index (κ2) is 6.10. The van der Waals surface area contributed by atoms with Gasteiger partial charge in [0.25, 0.3) is 0 Å². The van der Waals surface area contributed by atoms with Crippen molar-refractivity contribution in [3.8, 4) is 11.8 Å². The second-order valence-corrected chi connectivity index (χ2v) is 5.36. The maximum absolute atomic E-state index is 11.1. The van der Waals surface area contributed by atoms with E-state index < -0.39 is 10.5 Å². The highest BCUT2D eigenvalue weighted by molar-refractivity contribution is 5.51. The fourth-order valence-electron chi connectivity index (χ4n) is 2.52. The molecule has 1 fully saturated rings. The van der Waals surface area contributed by atoms with Crippen molar-refractivity contribution < 1.29 is 9.66 Å². The van der Waals surface area contributed by atoms with Crippen LogP contribution >= 0.6 is 0 Å². The Hall–Kier alpha value is -2.13. The SMILES string of the molecule is CCNC(C#N)(COc1c(C)cccc1[N+](=O)[O-])C1CC1. The van der Waals surface area contributed by atoms with E-state index in [0.29, 0.717) is 12.1 Å². The molecule has 0 aromatic heterocycles. The smallest absolute Gasteiger partial charge is 0.311 e. The van der Waals surface area contributed by atoms with Gasteiger partial charge in [-0.25, -0.2) is 0 Å². The van der Waals surface area contributed by atoms with E-state index in [2.05, 4.69) is 11.4 Å². The van der Waals surface area contributed by atoms with Gasteiger partial charge in [0, 0.05) is 6.07 Å². The van der Waals surface area contributed by atoms with Crippen LogP contribution in [0.25, 0.3) is 0 Å². The lowest BCUT2D eigenvalue weighted by molar-refractivity contribution is -0.386. The Balaban J connectivity index is 2.22. The highest BCUT2D eigenvalue weighted by Gasteiger charge is 2.46. The summed E-state index contributed by atoms with van der Waals surface area (Å²) in [6.45, 7) is 4.47. The summed E-state index contributed by atoms with van der Waals surface area (Å²) in [7, 11) is 0. The maximum atomic E-state index is 11.1. The van der Waals surface area contributed by atoms with Gasteiger partial charge < -0.3 is 4.74 Å². The quantitative estimate of drug-likeness (QED) is 0.615. The number of likely N-dealkylation sites (N-methyl/N-ethyl adjacent to an activating group) is 1. The van der Waals surface area contributed by atoms with Crippen LogP contribution in [0.5, 0.6) is 5.75 Å². The zero-order valence-electron chi connectivity index (χ0n) is 12.3. The molecule has 1 aromatic rings. The van der Waals surface area contributed by atoms with Crippen LogP contribution in [0.3, 0.4) is 0 Å². The van der Waals surface area contributed by atoms with Gasteiger partial charge in [0.15, 0.2) is 5.75 Å². The third-order valence-corrected chi connectivity index (χ3v) is 3.80. The molecule has 21 heavy (non-hydrogen) atoms. The first-order valence-corrected chi connectivity index (χ1v) is 7.07. The van der Waals surface area contributed by atoms with Gasteiger partial charge in [-0.2, -0.15) is 5.26 Å². The zero-order chi connectivity index (χ0) is 15.5. The van der Waals surface area contributed by atoms with Crippen LogP contribution in [-0.4, -0.2) is 23.6 Å². The molecule has 6 nitrogen and oxygen atoms in total. The lowest BCUT2D eigenvalue weighted by Crippen LogP contribution is -2.51. The zero-order valence-corrected chi connectivity index (χ0v) is 12.3. The van der Waals surface area contributed by atoms with E-state index >= 15 is 0 Å². The summed E-state index contributed by atoms with van der Waals surface area (Å²) < 4.78 is 5.71. The highest BCUT2D eigenvalue weighted by Crippen LogP contribution is 2.40. The number of nitro groups is 1. The first kappa shape index (κ1) is 15.3. The molecule has 1 aromatic carbocycles. The van der Waals surface area contributed by atoms with E-state index in [-0.39, 0.29) is 24.0 Å². The van der Waals surface area contributed by atoms with E-state index in [4.69, 9.17) is 4.74 Å². The summed E-state index contributed by atoms with van der Waals surface area (Å²) in [5, 5.41) is 23.8. The summed E-state index contributed by atoms with van der Waals surface area (Å²) in [6, 6.07) is 7.12. The van der Waals surface area contributed by atoms with Crippen LogP contribution in [0.1, 0.15) is 25.3 Å². The number of nitro benzene ring substituents is 1. The number of ether oxygens (including phenoxy) is 1. The van der Waals surface area contributed by atoms with E-state index in [1.807, 2.05) is 6.92 Å². The van der Waals surface area contributed by atoms with Crippen molar-refractivity contribution in [2.75, 3.05) is 13.2 Å². The molecule has 1 unspecified atom stereocenters. The topological polar surface area (TPSA) is 88.2 Å². The van der Waals surface area contributed by atoms with E-state index in [9.17, 15) is 15.4 Å². The lowest BCUT2D eigenvalue weighted by Gasteiger charge is -2.27. The molecule has 1 aliphatic rings. The summed E-state index contributed by atoms with van der Waals surface area (Å²) in [5.74, 6) is 0.506. The van der Waals surface area contributed by atoms with Gasteiger partial charge in [-0.05, 0) is 37.8 Å². The van der Waals surface area contributed by atoms with Crippen molar-refractivity contribution in [3.63, 3.8) is 0 Å². The molecule has 0 amide bonds. The molecule has 0 radical (unpaired) electrons. The van der Waals surface area contributed by atoms with Gasteiger partial charge in [0.1, 0.15) is 12.1 Å². The van der Waals surface area contributed by atoms with Crippen LogP contribution in [0.15, 0.2) is 18.2 Å². The van der Waals surface area contributed by atoms with Crippen LogP contribution in [0, 0.1) is 34.3 Å². The minimum Gasteiger partial charge on any atom is -0.484 e. The lowest BCUT2D eigenvalue weighted by atomic mass is 9.96. The monoisotopic (exact) mass is 289 g/mol.